The van der Waals surface area contributed by atoms with Gasteiger partial charge in [0.25, 0.3) is 0 Å². The largest absolute Gasteiger partial charge is 0.337 e. The molecule has 3 aromatic rings. The van der Waals surface area contributed by atoms with Crippen LogP contribution in [0.15, 0.2) is 54.2 Å². The van der Waals surface area contributed by atoms with Crippen LogP contribution in [-0.4, -0.2) is 34.1 Å². The van der Waals surface area contributed by atoms with Crippen molar-refractivity contribution in [2.45, 2.75) is 12.6 Å². The summed E-state index contributed by atoms with van der Waals surface area (Å²) >= 11 is 1.85. The zero-order chi connectivity index (χ0) is 16.4. The summed E-state index contributed by atoms with van der Waals surface area (Å²) in [5.74, 6) is 1.14. The van der Waals surface area contributed by atoms with E-state index in [-0.39, 0.29) is 12.4 Å². The molecular weight excluding hydrogens is 352 g/mol. The number of rotatable bonds is 4. The minimum absolute atomic E-state index is 0. The highest BCUT2D eigenvalue weighted by molar-refractivity contribution is 7.10. The number of piperazine rings is 1. The number of hydrogen-bond donors (Lipinski definition) is 1. The average Bonchev–Trinajstić information content (AvgIpc) is 3.25. The molecule has 1 atom stereocenters. The molecule has 3 heterocycles. The summed E-state index contributed by atoms with van der Waals surface area (Å²) in [6, 6.07) is 13.3. The van der Waals surface area contributed by atoms with Crippen molar-refractivity contribution >= 4 is 23.7 Å². The van der Waals surface area contributed by atoms with Crippen LogP contribution in [-0.2, 0) is 13.6 Å². The van der Waals surface area contributed by atoms with E-state index in [0.29, 0.717) is 6.04 Å². The van der Waals surface area contributed by atoms with Crippen LogP contribution >= 0.6 is 23.7 Å². The van der Waals surface area contributed by atoms with Gasteiger partial charge in [0.1, 0.15) is 5.82 Å². The number of thiophene rings is 1. The van der Waals surface area contributed by atoms with Crippen molar-refractivity contribution in [3.8, 4) is 11.1 Å². The summed E-state index contributed by atoms with van der Waals surface area (Å²) < 4.78 is 2.13. The highest BCUT2D eigenvalue weighted by Crippen LogP contribution is 2.29. The van der Waals surface area contributed by atoms with Gasteiger partial charge in [-0.2, -0.15) is 0 Å². The molecule has 0 spiro atoms. The molecule has 0 saturated carbocycles. The lowest BCUT2D eigenvalue weighted by Gasteiger charge is -2.35. The molecule has 2 aromatic heterocycles. The normalized spacial score (nSPS) is 18.0. The lowest BCUT2D eigenvalue weighted by molar-refractivity contribution is 0.146. The van der Waals surface area contributed by atoms with Crippen molar-refractivity contribution in [2.24, 2.45) is 7.05 Å². The first-order chi connectivity index (χ1) is 11.8. The van der Waals surface area contributed by atoms with Gasteiger partial charge in [-0.05, 0) is 22.6 Å². The van der Waals surface area contributed by atoms with E-state index in [0.717, 1.165) is 32.0 Å². The van der Waals surface area contributed by atoms with Crippen molar-refractivity contribution in [1.29, 1.82) is 0 Å². The number of aromatic nitrogens is 2. The molecule has 1 aromatic carbocycles. The first-order valence-corrected chi connectivity index (χ1v) is 9.24. The molecule has 1 aliphatic heterocycles. The molecule has 4 nitrogen and oxygen atoms in total. The zero-order valence-electron chi connectivity index (χ0n) is 14.3. The highest BCUT2D eigenvalue weighted by atomic mass is 35.5. The minimum Gasteiger partial charge on any atom is -0.337 e. The Kier molecular flexibility index (Phi) is 5.91. The van der Waals surface area contributed by atoms with Gasteiger partial charge in [0, 0.05) is 50.5 Å². The minimum atomic E-state index is 0. The quantitative estimate of drug-likeness (QED) is 0.755. The number of hydrogen-bond acceptors (Lipinski definition) is 4. The number of nitrogens with one attached hydrogen (secondary N) is 1. The number of benzene rings is 1. The number of aryl methyl sites for hydroxylation is 1. The standard InChI is InChI=1S/C19H22N4S.ClH/c1-22-9-8-21-19(22)18-12-20-7-10-23(18)13-17-11-16(14-24-17)15-5-3-2-4-6-15;/h2-6,8-9,11,14,18,20H,7,10,12-13H2,1H3;1H. The van der Waals surface area contributed by atoms with Gasteiger partial charge >= 0.3 is 0 Å². The van der Waals surface area contributed by atoms with E-state index in [1.54, 1.807) is 0 Å². The van der Waals surface area contributed by atoms with E-state index in [1.807, 2.05) is 23.7 Å². The summed E-state index contributed by atoms with van der Waals surface area (Å²) in [6.07, 6.45) is 3.92. The number of nitrogens with zero attached hydrogens (tertiary/aromatic N) is 3. The average molecular weight is 375 g/mol. The number of imidazole rings is 1. The van der Waals surface area contributed by atoms with Gasteiger partial charge in [-0.1, -0.05) is 30.3 Å². The fourth-order valence-electron chi connectivity index (χ4n) is 3.33. The molecule has 132 valence electrons. The van der Waals surface area contributed by atoms with Gasteiger partial charge < -0.3 is 9.88 Å². The lowest BCUT2D eigenvalue weighted by Crippen LogP contribution is -2.46. The molecule has 1 unspecified atom stereocenters. The third-order valence-electron chi connectivity index (χ3n) is 4.63. The molecule has 25 heavy (non-hydrogen) atoms. The fourth-order valence-corrected chi connectivity index (χ4v) is 4.25. The Labute approximate surface area is 158 Å². The van der Waals surface area contributed by atoms with Crippen LogP contribution in [0.3, 0.4) is 0 Å². The third kappa shape index (κ3) is 3.96. The fraction of sp³-hybridized carbons (Fsp3) is 0.316. The number of halogens is 1. The monoisotopic (exact) mass is 374 g/mol. The molecule has 0 aliphatic carbocycles. The summed E-state index contributed by atoms with van der Waals surface area (Å²) in [5.41, 5.74) is 2.61. The van der Waals surface area contributed by atoms with Crippen LogP contribution in [0.1, 0.15) is 16.7 Å². The second-order valence-electron chi connectivity index (χ2n) is 6.25. The van der Waals surface area contributed by atoms with Crippen LogP contribution in [0.2, 0.25) is 0 Å². The molecule has 1 saturated heterocycles. The van der Waals surface area contributed by atoms with Gasteiger partial charge in [0.2, 0.25) is 0 Å². The van der Waals surface area contributed by atoms with Crippen LogP contribution in [0.5, 0.6) is 0 Å². The molecule has 0 amide bonds. The van der Waals surface area contributed by atoms with Crippen molar-refractivity contribution in [3.05, 3.63) is 64.9 Å². The second kappa shape index (κ2) is 8.15. The Morgan fingerprint density at radius 3 is 2.84 bits per heavy atom. The van der Waals surface area contributed by atoms with Crippen LogP contribution in [0.25, 0.3) is 11.1 Å². The first kappa shape index (κ1) is 18.1. The maximum atomic E-state index is 4.57. The van der Waals surface area contributed by atoms with E-state index < -0.39 is 0 Å². The van der Waals surface area contributed by atoms with E-state index in [2.05, 4.69) is 68.6 Å². The topological polar surface area (TPSA) is 33.1 Å². The summed E-state index contributed by atoms with van der Waals surface area (Å²) in [6.45, 7) is 4.03. The molecule has 1 N–H and O–H groups in total. The Balaban J connectivity index is 0.00000182. The van der Waals surface area contributed by atoms with Crippen LogP contribution in [0.4, 0.5) is 0 Å². The summed E-state index contributed by atoms with van der Waals surface area (Å²) in [4.78, 5) is 8.52. The van der Waals surface area contributed by atoms with Crippen molar-refractivity contribution in [1.82, 2.24) is 19.8 Å². The van der Waals surface area contributed by atoms with Gasteiger partial charge in [-0.3, -0.25) is 4.90 Å². The molecule has 0 bridgehead atoms. The Morgan fingerprint density at radius 2 is 2.08 bits per heavy atom. The van der Waals surface area contributed by atoms with Crippen LogP contribution in [0, 0.1) is 0 Å². The van der Waals surface area contributed by atoms with E-state index in [1.165, 1.54) is 16.0 Å². The zero-order valence-corrected chi connectivity index (χ0v) is 15.9. The maximum Gasteiger partial charge on any atom is 0.127 e. The molecular formula is C19H23ClN4S. The summed E-state index contributed by atoms with van der Waals surface area (Å²) in [7, 11) is 2.08. The van der Waals surface area contributed by atoms with E-state index >= 15 is 0 Å². The smallest absolute Gasteiger partial charge is 0.127 e. The van der Waals surface area contributed by atoms with Gasteiger partial charge in [-0.15, -0.1) is 23.7 Å². The van der Waals surface area contributed by atoms with Gasteiger partial charge in [-0.25, -0.2) is 4.98 Å². The Bertz CT molecular complexity index is 799. The first-order valence-electron chi connectivity index (χ1n) is 8.36. The Hall–Kier alpha value is -1.66. The highest BCUT2D eigenvalue weighted by Gasteiger charge is 2.27. The second-order valence-corrected chi connectivity index (χ2v) is 7.25. The van der Waals surface area contributed by atoms with Crippen molar-refractivity contribution in [2.75, 3.05) is 19.6 Å². The molecule has 1 aliphatic rings. The predicted molar refractivity (Wildman–Crippen MR) is 106 cm³/mol. The molecule has 0 radical (unpaired) electrons. The third-order valence-corrected chi connectivity index (χ3v) is 5.55. The van der Waals surface area contributed by atoms with Crippen LogP contribution < -0.4 is 5.32 Å². The molecule has 4 rings (SSSR count). The SMILES string of the molecule is Cl.Cn1ccnc1C1CNCCN1Cc1cc(-c2ccccc2)cs1. The maximum absolute atomic E-state index is 4.57. The van der Waals surface area contributed by atoms with Crippen molar-refractivity contribution in [3.63, 3.8) is 0 Å². The van der Waals surface area contributed by atoms with E-state index in [9.17, 15) is 0 Å². The van der Waals surface area contributed by atoms with E-state index in [4.69, 9.17) is 0 Å². The molecule has 6 heteroatoms. The van der Waals surface area contributed by atoms with Crippen molar-refractivity contribution < 1.29 is 0 Å². The van der Waals surface area contributed by atoms with Gasteiger partial charge in [0.15, 0.2) is 0 Å². The Morgan fingerprint density at radius 1 is 1.24 bits per heavy atom. The summed E-state index contributed by atoms with van der Waals surface area (Å²) in [5, 5.41) is 5.77. The molecule has 1 fully saturated rings. The lowest BCUT2D eigenvalue weighted by atomic mass is 10.1. The van der Waals surface area contributed by atoms with Gasteiger partial charge in [0.05, 0.1) is 6.04 Å². The predicted octanol–water partition coefficient (Wildman–Crippen LogP) is 3.72.